The number of hydrogen-bond donors (Lipinski definition) is 4. The molecule has 0 bridgehead atoms. The van der Waals surface area contributed by atoms with E-state index in [2.05, 4.69) is 20.9 Å². The van der Waals surface area contributed by atoms with E-state index in [0.29, 0.717) is 18.7 Å². The largest absolute Gasteiger partial charge is 0.481 e. The van der Waals surface area contributed by atoms with Crippen LogP contribution < -0.4 is 16.0 Å². The smallest absolute Gasteiger partial charge is 0.348 e. The molecule has 154 valence electrons. The quantitative estimate of drug-likeness (QED) is 0.273. The van der Waals surface area contributed by atoms with Crippen molar-refractivity contribution in [2.45, 2.75) is 26.7 Å². The number of anilines is 3. The van der Waals surface area contributed by atoms with Gasteiger partial charge >= 0.3 is 11.0 Å². The van der Waals surface area contributed by atoms with Crippen LogP contribution in [-0.4, -0.2) is 39.3 Å². The molecule has 0 aliphatic carbocycles. The molecule has 0 saturated heterocycles. The topological polar surface area (TPSA) is 164 Å². The van der Waals surface area contributed by atoms with Gasteiger partial charge in [-0.25, -0.2) is 4.98 Å². The maximum Gasteiger partial charge on any atom is 0.348 e. The highest BCUT2D eigenvalue weighted by Crippen LogP contribution is 2.30. The molecule has 11 nitrogen and oxygen atoms in total. The summed E-state index contributed by atoms with van der Waals surface area (Å²) in [4.78, 5) is 49.0. The number of carboxylic acids is 1. The van der Waals surface area contributed by atoms with Crippen LogP contribution in [0.15, 0.2) is 18.2 Å². The Kier molecular flexibility index (Phi) is 7.20. The highest BCUT2D eigenvalue weighted by molar-refractivity contribution is 7.19. The first-order valence-corrected chi connectivity index (χ1v) is 9.29. The molecule has 0 radical (unpaired) electrons. The first-order valence-electron chi connectivity index (χ1n) is 8.48. The predicted molar refractivity (Wildman–Crippen MR) is 108 cm³/mol. The van der Waals surface area contributed by atoms with E-state index in [1.165, 1.54) is 19.9 Å². The molecule has 2 amide bonds. The predicted octanol–water partition coefficient (Wildman–Crippen LogP) is 2.85. The number of carboxylic acid groups (broad SMARTS) is 1. The zero-order chi connectivity index (χ0) is 21.6. The lowest BCUT2D eigenvalue weighted by molar-refractivity contribution is -0.380. The van der Waals surface area contributed by atoms with E-state index >= 15 is 0 Å². The fourth-order valence-corrected chi connectivity index (χ4v) is 3.17. The number of benzene rings is 1. The number of carbonyl (C=O) groups excluding carboxylic acids is 2. The number of nitrogens with zero attached hydrogens (tertiary/aromatic N) is 2. The molecule has 0 aliphatic rings. The number of nitrogens with one attached hydrogen (secondary N) is 3. The van der Waals surface area contributed by atoms with Crippen molar-refractivity contribution in [3.8, 4) is 0 Å². The second-order valence-corrected chi connectivity index (χ2v) is 6.96. The number of amides is 2. The number of aliphatic carboxylic acids is 1. The lowest BCUT2D eigenvalue weighted by atomic mass is 10.1. The number of carbonyl (C=O) groups is 3. The average molecular weight is 421 g/mol. The Morgan fingerprint density at radius 2 is 2.00 bits per heavy atom. The van der Waals surface area contributed by atoms with Gasteiger partial charge in [0.1, 0.15) is 5.69 Å². The molecular weight excluding hydrogens is 402 g/mol. The summed E-state index contributed by atoms with van der Waals surface area (Å²) in [6, 6.07) is 4.64. The van der Waals surface area contributed by atoms with Crippen LogP contribution in [0.25, 0.3) is 0 Å². The van der Waals surface area contributed by atoms with Gasteiger partial charge in [0.15, 0.2) is 5.13 Å². The van der Waals surface area contributed by atoms with Gasteiger partial charge in [0, 0.05) is 25.6 Å². The summed E-state index contributed by atoms with van der Waals surface area (Å²) < 4.78 is 0. The molecule has 1 aromatic heterocycles. The normalized spacial score (nSPS) is 10.3. The minimum atomic E-state index is -0.893. The van der Waals surface area contributed by atoms with Crippen molar-refractivity contribution in [1.29, 1.82) is 0 Å². The first-order chi connectivity index (χ1) is 13.7. The molecule has 0 atom stereocenters. The number of hydrogen-bond acceptors (Lipinski definition) is 8. The monoisotopic (exact) mass is 421 g/mol. The molecule has 1 heterocycles. The molecule has 0 fully saturated rings. The van der Waals surface area contributed by atoms with Gasteiger partial charge in [-0.2, -0.15) is 0 Å². The minimum Gasteiger partial charge on any atom is -0.481 e. The van der Waals surface area contributed by atoms with E-state index in [9.17, 15) is 24.5 Å². The number of aromatic nitrogens is 1. The van der Waals surface area contributed by atoms with Gasteiger partial charge < -0.3 is 15.7 Å². The van der Waals surface area contributed by atoms with E-state index < -0.39 is 16.8 Å². The number of thiazole rings is 1. The maximum atomic E-state index is 12.6. The van der Waals surface area contributed by atoms with Crippen LogP contribution in [0.3, 0.4) is 0 Å². The molecule has 0 saturated carbocycles. The molecule has 0 spiro atoms. The van der Waals surface area contributed by atoms with Gasteiger partial charge in [-0.15, -0.1) is 0 Å². The van der Waals surface area contributed by atoms with Crippen LogP contribution in [0.5, 0.6) is 0 Å². The second kappa shape index (κ2) is 9.59. The fraction of sp³-hybridized carbons (Fsp3) is 0.294. The third-order valence-corrected chi connectivity index (χ3v) is 4.65. The van der Waals surface area contributed by atoms with Crippen molar-refractivity contribution in [2.24, 2.45) is 0 Å². The van der Waals surface area contributed by atoms with Gasteiger partial charge in [0.05, 0.1) is 16.2 Å². The Bertz CT molecular complexity index is 958. The Morgan fingerprint density at radius 1 is 1.28 bits per heavy atom. The van der Waals surface area contributed by atoms with Crippen molar-refractivity contribution < 1.29 is 24.4 Å². The number of rotatable bonds is 9. The van der Waals surface area contributed by atoms with E-state index in [0.717, 1.165) is 11.3 Å². The Hall–Kier alpha value is -3.54. The molecule has 29 heavy (non-hydrogen) atoms. The summed E-state index contributed by atoms with van der Waals surface area (Å²) in [6.45, 7) is 3.17. The third kappa shape index (κ3) is 6.24. The lowest BCUT2D eigenvalue weighted by Crippen LogP contribution is -2.17. The Labute approximate surface area is 169 Å². The second-order valence-electron chi connectivity index (χ2n) is 5.99. The summed E-state index contributed by atoms with van der Waals surface area (Å²) >= 11 is 0.740. The van der Waals surface area contributed by atoms with Crippen LogP contribution in [0.2, 0.25) is 0 Å². The van der Waals surface area contributed by atoms with Crippen LogP contribution in [-0.2, 0) is 9.59 Å². The van der Waals surface area contributed by atoms with E-state index in [4.69, 9.17) is 5.11 Å². The zero-order valence-corrected chi connectivity index (χ0v) is 16.5. The molecule has 2 rings (SSSR count). The maximum absolute atomic E-state index is 12.6. The van der Waals surface area contributed by atoms with Gasteiger partial charge in [-0.05, 0) is 42.9 Å². The van der Waals surface area contributed by atoms with Gasteiger partial charge in [0.2, 0.25) is 5.91 Å². The standard InChI is InChI=1S/C17H19N5O6S/c1-9-16(22(27)28)29-17(19-9)21-15(26)12-6-5-11(8-13(12)20-10(2)23)18-7-3-4-14(24)25/h5-6,8,18H,3-4,7H2,1-2H3,(H,20,23)(H,24,25)(H,19,21,26). The third-order valence-electron chi connectivity index (χ3n) is 3.63. The lowest BCUT2D eigenvalue weighted by Gasteiger charge is -2.13. The molecule has 4 N–H and O–H groups in total. The highest BCUT2D eigenvalue weighted by atomic mass is 32.1. The number of nitro groups is 1. The first kappa shape index (κ1) is 21.8. The summed E-state index contributed by atoms with van der Waals surface area (Å²) in [5.41, 5.74) is 1.17. The van der Waals surface area contributed by atoms with Crippen molar-refractivity contribution in [3.05, 3.63) is 39.6 Å². The van der Waals surface area contributed by atoms with Crippen molar-refractivity contribution in [2.75, 3.05) is 22.5 Å². The summed E-state index contributed by atoms with van der Waals surface area (Å²) in [5.74, 6) is -1.87. The molecule has 2 aromatic rings. The average Bonchev–Trinajstić information content (AvgIpc) is 2.98. The van der Waals surface area contributed by atoms with Gasteiger partial charge in [0.25, 0.3) is 5.91 Å². The van der Waals surface area contributed by atoms with Crippen molar-refractivity contribution in [1.82, 2.24) is 4.98 Å². The molecule has 0 unspecified atom stereocenters. The SMILES string of the molecule is CC(=O)Nc1cc(NCCCC(=O)O)ccc1C(=O)Nc1nc(C)c([N+](=O)[O-])s1. The fourth-order valence-electron chi connectivity index (χ4n) is 2.39. The van der Waals surface area contributed by atoms with Crippen LogP contribution in [0.4, 0.5) is 21.5 Å². The zero-order valence-electron chi connectivity index (χ0n) is 15.6. The van der Waals surface area contributed by atoms with E-state index in [1.807, 2.05) is 0 Å². The molecule has 0 aliphatic heterocycles. The Balaban J connectivity index is 2.18. The van der Waals surface area contributed by atoms with Crippen LogP contribution >= 0.6 is 11.3 Å². The van der Waals surface area contributed by atoms with Crippen LogP contribution in [0.1, 0.15) is 35.8 Å². The summed E-state index contributed by atoms with van der Waals surface area (Å²) in [7, 11) is 0. The van der Waals surface area contributed by atoms with Gasteiger partial charge in [-0.1, -0.05) is 0 Å². The molecule has 1 aromatic carbocycles. The van der Waals surface area contributed by atoms with Crippen LogP contribution in [0, 0.1) is 17.0 Å². The minimum absolute atomic E-state index is 0.0193. The highest BCUT2D eigenvalue weighted by Gasteiger charge is 2.20. The number of aryl methyl sites for hydroxylation is 1. The van der Waals surface area contributed by atoms with Gasteiger partial charge in [-0.3, -0.25) is 29.8 Å². The Morgan fingerprint density at radius 3 is 2.59 bits per heavy atom. The summed E-state index contributed by atoms with van der Waals surface area (Å²) in [5, 5.41) is 27.6. The van der Waals surface area contributed by atoms with E-state index in [1.54, 1.807) is 12.1 Å². The van der Waals surface area contributed by atoms with Crippen molar-refractivity contribution >= 4 is 50.6 Å². The van der Waals surface area contributed by atoms with Crippen molar-refractivity contribution in [3.63, 3.8) is 0 Å². The molecule has 12 heteroatoms. The molecular formula is C17H19N5O6S. The van der Waals surface area contributed by atoms with E-state index in [-0.39, 0.29) is 39.4 Å². The summed E-state index contributed by atoms with van der Waals surface area (Å²) in [6.07, 6.45) is 0.431.